The minimum Gasteiger partial charge on any atom is -0.469 e. The molecule has 0 aliphatic rings. The molecular weight excluding hydrogens is 217 g/mol. The highest BCUT2D eigenvalue weighted by Crippen LogP contribution is 2.28. The van der Waals surface area contributed by atoms with Crippen molar-refractivity contribution in [3.63, 3.8) is 0 Å². The van der Waals surface area contributed by atoms with Crippen LogP contribution in [0.4, 0.5) is 4.39 Å². The van der Waals surface area contributed by atoms with Crippen LogP contribution in [0.15, 0.2) is 47.1 Å². The van der Waals surface area contributed by atoms with Crippen molar-refractivity contribution in [3.8, 4) is 6.07 Å². The average molecular weight is 229 g/mol. The molecular formula is C14H12FNO. The first-order valence-corrected chi connectivity index (χ1v) is 5.34. The Kier molecular flexibility index (Phi) is 2.97. The van der Waals surface area contributed by atoms with E-state index in [1.807, 2.05) is 6.07 Å². The summed E-state index contributed by atoms with van der Waals surface area (Å²) in [5.74, 6) is 0.390. The fourth-order valence-corrected chi connectivity index (χ4v) is 1.80. The summed E-state index contributed by atoms with van der Waals surface area (Å²) in [6.07, 6.45) is 2.00. The lowest BCUT2D eigenvalue weighted by Crippen LogP contribution is -2.22. The summed E-state index contributed by atoms with van der Waals surface area (Å²) in [6, 6.07) is 12.0. The maximum absolute atomic E-state index is 13.2. The number of furan rings is 1. The lowest BCUT2D eigenvalue weighted by molar-refractivity contribution is 0.461. The molecule has 0 fully saturated rings. The number of hydrogen-bond acceptors (Lipinski definition) is 2. The molecule has 0 bridgehead atoms. The number of halogens is 1. The van der Waals surface area contributed by atoms with Gasteiger partial charge in [-0.25, -0.2) is 4.39 Å². The van der Waals surface area contributed by atoms with E-state index in [0.717, 1.165) is 5.76 Å². The third-order valence-corrected chi connectivity index (χ3v) is 2.82. The van der Waals surface area contributed by atoms with E-state index in [1.165, 1.54) is 12.1 Å². The molecule has 1 aromatic carbocycles. The first kappa shape index (κ1) is 11.4. The standard InChI is InChI=1S/C14H12FNO/c1-14(10-16,9-13-6-3-7-17-13)11-4-2-5-12(15)8-11/h2-8H,9H2,1H3. The van der Waals surface area contributed by atoms with Crippen LogP contribution in [-0.4, -0.2) is 0 Å². The van der Waals surface area contributed by atoms with E-state index in [1.54, 1.807) is 31.4 Å². The Balaban J connectivity index is 2.35. The molecule has 2 rings (SSSR count). The summed E-state index contributed by atoms with van der Waals surface area (Å²) >= 11 is 0. The lowest BCUT2D eigenvalue weighted by Gasteiger charge is -2.20. The Bertz CT molecular complexity index is 542. The van der Waals surface area contributed by atoms with Crippen LogP contribution in [0.1, 0.15) is 18.2 Å². The molecule has 0 aliphatic carbocycles. The highest BCUT2D eigenvalue weighted by molar-refractivity contribution is 5.33. The molecule has 1 unspecified atom stereocenters. The van der Waals surface area contributed by atoms with Gasteiger partial charge < -0.3 is 4.42 Å². The summed E-state index contributed by atoms with van der Waals surface area (Å²) < 4.78 is 18.4. The van der Waals surface area contributed by atoms with Crippen molar-refractivity contribution in [2.24, 2.45) is 0 Å². The van der Waals surface area contributed by atoms with Gasteiger partial charge in [-0.05, 0) is 36.8 Å². The van der Waals surface area contributed by atoms with E-state index in [4.69, 9.17) is 4.42 Å². The fraction of sp³-hybridized carbons (Fsp3) is 0.214. The second kappa shape index (κ2) is 4.42. The van der Waals surface area contributed by atoms with Gasteiger partial charge in [-0.15, -0.1) is 0 Å². The Morgan fingerprint density at radius 3 is 2.76 bits per heavy atom. The Hall–Kier alpha value is -2.08. The second-order valence-corrected chi connectivity index (χ2v) is 4.21. The van der Waals surface area contributed by atoms with Crippen molar-refractivity contribution in [1.29, 1.82) is 5.26 Å². The van der Waals surface area contributed by atoms with Gasteiger partial charge in [0.15, 0.2) is 0 Å². The van der Waals surface area contributed by atoms with Gasteiger partial charge in [0.25, 0.3) is 0 Å². The maximum Gasteiger partial charge on any atom is 0.123 e. The molecule has 0 saturated carbocycles. The molecule has 1 aromatic heterocycles. The first-order valence-electron chi connectivity index (χ1n) is 5.34. The van der Waals surface area contributed by atoms with Crippen LogP contribution in [-0.2, 0) is 11.8 Å². The normalized spacial score (nSPS) is 13.9. The van der Waals surface area contributed by atoms with Crippen molar-refractivity contribution < 1.29 is 8.81 Å². The molecule has 1 heterocycles. The van der Waals surface area contributed by atoms with E-state index in [-0.39, 0.29) is 5.82 Å². The molecule has 0 aliphatic heterocycles. The summed E-state index contributed by atoms with van der Waals surface area (Å²) in [4.78, 5) is 0. The molecule has 0 spiro atoms. The molecule has 3 heteroatoms. The number of rotatable bonds is 3. The quantitative estimate of drug-likeness (QED) is 0.808. The molecule has 0 N–H and O–H groups in total. The van der Waals surface area contributed by atoms with Crippen LogP contribution >= 0.6 is 0 Å². The van der Waals surface area contributed by atoms with Crippen molar-refractivity contribution in [2.75, 3.05) is 0 Å². The summed E-state index contributed by atoms with van der Waals surface area (Å²) in [7, 11) is 0. The van der Waals surface area contributed by atoms with Gasteiger partial charge in [0, 0.05) is 6.42 Å². The van der Waals surface area contributed by atoms with Crippen LogP contribution in [0.2, 0.25) is 0 Å². The van der Waals surface area contributed by atoms with E-state index in [0.29, 0.717) is 12.0 Å². The first-order chi connectivity index (χ1) is 8.14. The molecule has 17 heavy (non-hydrogen) atoms. The fourth-order valence-electron chi connectivity index (χ4n) is 1.80. The predicted molar refractivity (Wildman–Crippen MR) is 61.8 cm³/mol. The minimum atomic E-state index is -0.778. The molecule has 2 nitrogen and oxygen atoms in total. The summed E-state index contributed by atoms with van der Waals surface area (Å²) in [5.41, 5.74) is -0.114. The van der Waals surface area contributed by atoms with Crippen LogP contribution in [0.3, 0.4) is 0 Å². The number of hydrogen-bond donors (Lipinski definition) is 0. The van der Waals surface area contributed by atoms with Gasteiger partial charge in [0.1, 0.15) is 11.6 Å². The van der Waals surface area contributed by atoms with Gasteiger partial charge in [-0.3, -0.25) is 0 Å². The molecule has 2 aromatic rings. The lowest BCUT2D eigenvalue weighted by atomic mass is 9.80. The minimum absolute atomic E-state index is 0.330. The Labute approximate surface area is 99.3 Å². The van der Waals surface area contributed by atoms with Crippen LogP contribution in [0.5, 0.6) is 0 Å². The topological polar surface area (TPSA) is 36.9 Å². The molecule has 0 saturated heterocycles. The number of benzene rings is 1. The smallest absolute Gasteiger partial charge is 0.123 e. The van der Waals surface area contributed by atoms with Crippen molar-refractivity contribution >= 4 is 0 Å². The highest BCUT2D eigenvalue weighted by Gasteiger charge is 2.28. The zero-order valence-corrected chi connectivity index (χ0v) is 9.48. The second-order valence-electron chi connectivity index (χ2n) is 4.21. The van der Waals surface area contributed by atoms with Crippen molar-refractivity contribution in [1.82, 2.24) is 0 Å². The molecule has 86 valence electrons. The van der Waals surface area contributed by atoms with Crippen molar-refractivity contribution in [2.45, 2.75) is 18.8 Å². The third kappa shape index (κ3) is 2.36. The van der Waals surface area contributed by atoms with Gasteiger partial charge >= 0.3 is 0 Å². The van der Waals surface area contributed by atoms with E-state index in [2.05, 4.69) is 6.07 Å². The van der Waals surface area contributed by atoms with Crippen molar-refractivity contribution in [3.05, 3.63) is 59.8 Å². The van der Waals surface area contributed by atoms with E-state index in [9.17, 15) is 9.65 Å². The highest BCUT2D eigenvalue weighted by atomic mass is 19.1. The largest absolute Gasteiger partial charge is 0.469 e. The van der Waals surface area contributed by atoms with E-state index < -0.39 is 5.41 Å². The summed E-state index contributed by atoms with van der Waals surface area (Å²) in [5, 5.41) is 9.31. The predicted octanol–water partition coefficient (Wildman–Crippen LogP) is 3.44. The Morgan fingerprint density at radius 2 is 2.18 bits per heavy atom. The van der Waals surface area contributed by atoms with E-state index >= 15 is 0 Å². The molecule has 0 amide bonds. The van der Waals surface area contributed by atoms with Crippen LogP contribution < -0.4 is 0 Å². The zero-order chi connectivity index (χ0) is 12.3. The maximum atomic E-state index is 13.2. The van der Waals surface area contributed by atoms with Gasteiger partial charge in [-0.2, -0.15) is 5.26 Å². The average Bonchev–Trinajstić information content (AvgIpc) is 2.81. The monoisotopic (exact) mass is 229 g/mol. The number of nitrogens with zero attached hydrogens (tertiary/aromatic N) is 1. The third-order valence-electron chi connectivity index (χ3n) is 2.82. The molecule has 1 atom stereocenters. The summed E-state index contributed by atoms with van der Waals surface area (Å²) in [6.45, 7) is 1.78. The number of nitriles is 1. The van der Waals surface area contributed by atoms with Gasteiger partial charge in [0.2, 0.25) is 0 Å². The Morgan fingerprint density at radius 1 is 1.35 bits per heavy atom. The van der Waals surface area contributed by atoms with Gasteiger partial charge in [0.05, 0.1) is 17.7 Å². The van der Waals surface area contributed by atoms with Crippen LogP contribution in [0.25, 0.3) is 0 Å². The zero-order valence-electron chi connectivity index (χ0n) is 9.48. The van der Waals surface area contributed by atoms with Crippen LogP contribution in [0, 0.1) is 17.1 Å². The van der Waals surface area contributed by atoms with Gasteiger partial charge in [-0.1, -0.05) is 12.1 Å². The SMILES string of the molecule is CC(C#N)(Cc1ccco1)c1cccc(F)c1. The molecule has 0 radical (unpaired) electrons.